The van der Waals surface area contributed by atoms with Crippen LogP contribution in [0.3, 0.4) is 0 Å². The van der Waals surface area contributed by atoms with E-state index < -0.39 is 90.9 Å². The molecule has 0 fully saturated rings. The van der Waals surface area contributed by atoms with Gasteiger partial charge in [-0.2, -0.15) is 33.7 Å². The van der Waals surface area contributed by atoms with E-state index in [0.29, 0.717) is 0 Å². The third-order valence-corrected chi connectivity index (χ3v) is 0. The Morgan fingerprint density at radius 2 is 0.235 bits per heavy atom. The zero-order valence-corrected chi connectivity index (χ0v) is 26.2. The van der Waals surface area contributed by atoms with Crippen LogP contribution in [0.1, 0.15) is 2.85 Å². The summed E-state index contributed by atoms with van der Waals surface area (Å²) in [5, 5.41) is 0. The number of hydrogen-bond acceptors (Lipinski definition) is 8. The first-order valence-electron chi connectivity index (χ1n) is 4.25. The molecule has 0 rings (SSSR count). The fourth-order valence-electron chi connectivity index (χ4n) is 0. The molecule has 0 aliphatic rings. The molecular formula is H18Na2O24S8. The third-order valence-electron chi connectivity index (χ3n) is 0. The van der Waals surface area contributed by atoms with Gasteiger partial charge in [-0.15, -0.1) is 0 Å². The molecule has 24 nitrogen and oxygen atoms in total. The Hall–Kier alpha value is 2.56. The van der Waals surface area contributed by atoms with E-state index in [0.717, 1.165) is 0 Å². The summed E-state index contributed by atoms with van der Waals surface area (Å²) in [7, 11) is 0. The van der Waals surface area contributed by atoms with E-state index >= 15 is 0 Å². The molecule has 0 saturated heterocycles. The van der Waals surface area contributed by atoms with Crippen LogP contribution in [0.15, 0.2) is 0 Å². The topological polar surface area (TPSA) is 460 Å². The zero-order valence-electron chi connectivity index (χ0n) is 17.7. The molecule has 34 heteroatoms. The average Bonchev–Trinajstić information content (AvgIpc) is 2.30. The Labute approximate surface area is 256 Å². The first kappa shape index (κ1) is 65.5. The molecule has 212 valence electrons. The summed E-state index contributed by atoms with van der Waals surface area (Å²) in [5.41, 5.74) is 0. The smallest absolute Gasteiger partial charge is 1.00 e. The van der Waals surface area contributed by atoms with Crippen LogP contribution >= 0.6 is 0 Å². The molecule has 0 saturated carbocycles. The van der Waals surface area contributed by atoms with Gasteiger partial charge in [0.05, 0.1) is 0 Å². The van der Waals surface area contributed by atoms with Gasteiger partial charge in [-0.3, -0.25) is 72.8 Å². The van der Waals surface area contributed by atoms with E-state index in [-0.39, 0.29) is 62.0 Å². The standard InChI is InChI=1S/2Na.8H2O3S.2H/c;;8*1-4(2)3;;/h;;8*(H2,1,2,3);;/q2*+1;;;;;;;;;2*-1. The largest absolute Gasteiger partial charge is 1.00 e. The zero-order chi connectivity index (χ0) is 28.6. The minimum atomic E-state index is -2.61. The Kier molecular flexibility index (Phi) is 116. The van der Waals surface area contributed by atoms with Gasteiger partial charge in [0.25, 0.3) is 90.9 Å². The molecule has 0 aromatic rings. The van der Waals surface area contributed by atoms with E-state index in [4.69, 9.17) is 107 Å². The van der Waals surface area contributed by atoms with Gasteiger partial charge in [0, 0.05) is 0 Å². The maximum Gasteiger partial charge on any atom is 1.00 e. The summed E-state index contributed by atoms with van der Waals surface area (Å²) in [6.07, 6.45) is 0. The van der Waals surface area contributed by atoms with Crippen molar-refractivity contribution in [2.24, 2.45) is 0 Å². The van der Waals surface area contributed by atoms with E-state index in [2.05, 4.69) is 0 Å². The fourth-order valence-corrected chi connectivity index (χ4v) is 0. The van der Waals surface area contributed by atoms with Crippen molar-refractivity contribution >= 4 is 90.9 Å². The van der Waals surface area contributed by atoms with Gasteiger partial charge < -0.3 is 2.85 Å². The summed E-state index contributed by atoms with van der Waals surface area (Å²) in [5.74, 6) is 0. The minimum Gasteiger partial charge on any atom is -1.00 e. The second-order valence-corrected chi connectivity index (χ2v) is 5.54. The quantitative estimate of drug-likeness (QED) is 0.0822. The van der Waals surface area contributed by atoms with Crippen LogP contribution in [0.2, 0.25) is 0 Å². The molecule has 0 heterocycles. The van der Waals surface area contributed by atoms with Crippen LogP contribution in [0.5, 0.6) is 0 Å². The van der Waals surface area contributed by atoms with Gasteiger partial charge in [-0.05, 0) is 0 Å². The van der Waals surface area contributed by atoms with E-state index in [1.165, 1.54) is 0 Å². The van der Waals surface area contributed by atoms with Crippen LogP contribution in [0.4, 0.5) is 0 Å². The fraction of sp³-hybridized carbons (Fsp3) is 0. The molecule has 34 heavy (non-hydrogen) atoms. The van der Waals surface area contributed by atoms with E-state index in [1.807, 2.05) is 0 Å². The Morgan fingerprint density at radius 1 is 0.235 bits per heavy atom. The maximum absolute atomic E-state index is 8.67. The predicted octanol–water partition coefficient (Wildman–Crippen LogP) is -8.32. The summed E-state index contributed by atoms with van der Waals surface area (Å²) in [6.45, 7) is 0. The van der Waals surface area contributed by atoms with Gasteiger partial charge >= 0.3 is 59.1 Å². The summed E-state index contributed by atoms with van der Waals surface area (Å²) >= 11 is -20.9. The first-order valence-corrected chi connectivity index (χ1v) is 12.8. The number of rotatable bonds is 0. The van der Waals surface area contributed by atoms with E-state index in [1.54, 1.807) is 0 Å². The first-order chi connectivity index (χ1) is 13.9. The van der Waals surface area contributed by atoms with Crippen molar-refractivity contribution in [3.63, 3.8) is 0 Å². The molecular weight excluding hydrogens is 686 g/mol. The SMILES string of the molecule is O=S(O)O.O=S(O)O.O=S(O)O.O=S(O)O.O=S(O)O.O=S(O)O.O=S(O)O.O=S(O)O.[H-].[H-].[Na+].[Na+]. The molecule has 0 aromatic carbocycles. The molecule has 0 unspecified atom stereocenters. The van der Waals surface area contributed by atoms with Gasteiger partial charge in [0.1, 0.15) is 0 Å². The Morgan fingerprint density at radius 3 is 0.235 bits per heavy atom. The third kappa shape index (κ3) is 5940. The van der Waals surface area contributed by atoms with E-state index in [9.17, 15) is 0 Å². The molecule has 0 aliphatic carbocycles. The maximum atomic E-state index is 8.67. The molecule has 0 aromatic heterocycles. The van der Waals surface area contributed by atoms with Crippen LogP contribution in [0, 0.1) is 0 Å². The second-order valence-electron chi connectivity index (χ2n) is 1.85. The van der Waals surface area contributed by atoms with Crippen molar-refractivity contribution < 1.29 is 168 Å². The summed E-state index contributed by atoms with van der Waals surface area (Å²) in [4.78, 5) is 0. The van der Waals surface area contributed by atoms with Crippen LogP contribution in [-0.4, -0.2) is 107 Å². The molecule has 0 atom stereocenters. The Bertz CT molecular complexity index is 376. The predicted molar refractivity (Wildman–Crippen MR) is 109 cm³/mol. The van der Waals surface area contributed by atoms with Crippen molar-refractivity contribution in [1.29, 1.82) is 0 Å². The molecule has 0 radical (unpaired) electrons. The molecule has 16 N–H and O–H groups in total. The van der Waals surface area contributed by atoms with Crippen molar-refractivity contribution in [1.82, 2.24) is 0 Å². The normalized spacial score (nSPS) is 8.24. The van der Waals surface area contributed by atoms with Crippen molar-refractivity contribution in [3.05, 3.63) is 0 Å². The second kappa shape index (κ2) is 60.2. The van der Waals surface area contributed by atoms with Crippen LogP contribution < -0.4 is 59.1 Å². The summed E-state index contributed by atoms with van der Waals surface area (Å²) < 4.78 is 183. The van der Waals surface area contributed by atoms with Crippen LogP contribution in [-0.2, 0) is 90.9 Å². The molecule has 0 spiro atoms. The molecule has 0 amide bonds. The van der Waals surface area contributed by atoms with Crippen molar-refractivity contribution in [3.8, 4) is 0 Å². The van der Waals surface area contributed by atoms with Crippen molar-refractivity contribution in [2.75, 3.05) is 0 Å². The Balaban J connectivity index is -0.0000000180. The number of hydrogen-bond donors (Lipinski definition) is 16. The average molecular weight is 705 g/mol. The van der Waals surface area contributed by atoms with Gasteiger partial charge in [-0.1, -0.05) is 0 Å². The van der Waals surface area contributed by atoms with Crippen LogP contribution in [0.25, 0.3) is 0 Å². The monoisotopic (exact) mass is 704 g/mol. The summed E-state index contributed by atoms with van der Waals surface area (Å²) in [6, 6.07) is 0. The van der Waals surface area contributed by atoms with Gasteiger partial charge in [-0.25, -0.2) is 0 Å². The van der Waals surface area contributed by atoms with Gasteiger partial charge in [0.2, 0.25) is 0 Å². The molecule has 0 aliphatic heterocycles. The minimum absolute atomic E-state index is 0. The van der Waals surface area contributed by atoms with Gasteiger partial charge in [0.15, 0.2) is 0 Å². The molecule has 0 bridgehead atoms. The van der Waals surface area contributed by atoms with Crippen molar-refractivity contribution in [2.45, 2.75) is 0 Å².